The van der Waals surface area contributed by atoms with Crippen molar-refractivity contribution in [2.24, 2.45) is 16.2 Å². The molecule has 0 amide bonds. The summed E-state index contributed by atoms with van der Waals surface area (Å²) in [4.78, 5) is 51.3. The van der Waals surface area contributed by atoms with Crippen molar-refractivity contribution in [1.82, 2.24) is 5.32 Å². The third-order valence-electron chi connectivity index (χ3n) is 7.06. The molecule has 0 aliphatic heterocycles. The Bertz CT molecular complexity index is 1050. The molecule has 2 N–H and O–H groups in total. The van der Waals surface area contributed by atoms with Crippen LogP contribution in [0.5, 0.6) is 11.5 Å². The summed E-state index contributed by atoms with van der Waals surface area (Å²) in [6.45, 7) is 19.3. The van der Waals surface area contributed by atoms with Crippen LogP contribution >= 0.6 is 0 Å². The lowest BCUT2D eigenvalue weighted by Gasteiger charge is -2.35. The van der Waals surface area contributed by atoms with E-state index in [4.69, 9.17) is 14.2 Å². The summed E-state index contributed by atoms with van der Waals surface area (Å²) < 4.78 is 17.0. The number of hydrogen-bond donors (Lipinski definition) is 2. The highest BCUT2D eigenvalue weighted by molar-refractivity contribution is 5.84. The molecule has 2 atom stereocenters. The van der Waals surface area contributed by atoms with Crippen molar-refractivity contribution in [3.8, 4) is 11.5 Å². The van der Waals surface area contributed by atoms with Gasteiger partial charge in [0, 0.05) is 12.5 Å². The first-order chi connectivity index (χ1) is 17.7. The van der Waals surface area contributed by atoms with Crippen LogP contribution in [0.4, 0.5) is 0 Å². The Hall–Kier alpha value is -2.94. The van der Waals surface area contributed by atoms with E-state index >= 15 is 0 Å². The molecule has 9 nitrogen and oxygen atoms in total. The van der Waals surface area contributed by atoms with Crippen molar-refractivity contribution in [1.29, 1.82) is 0 Å². The molecule has 0 aromatic heterocycles. The van der Waals surface area contributed by atoms with Crippen molar-refractivity contribution >= 4 is 23.9 Å². The molecule has 0 heterocycles. The second-order valence-electron chi connectivity index (χ2n) is 12.4. The minimum absolute atomic E-state index is 0.0238. The molecule has 220 valence electrons. The maximum Gasteiger partial charge on any atom is 0.364 e. The molecule has 1 aromatic rings. The predicted molar refractivity (Wildman–Crippen MR) is 148 cm³/mol. The zero-order valence-corrected chi connectivity index (χ0v) is 25.4. The molecule has 1 rings (SSSR count). The molecule has 1 unspecified atom stereocenters. The van der Waals surface area contributed by atoms with Crippen LogP contribution in [0.3, 0.4) is 0 Å². The Kier molecular flexibility index (Phi) is 11.3. The Morgan fingerprint density at radius 2 is 1.31 bits per heavy atom. The molecular weight excluding hydrogens is 502 g/mol. The molecule has 9 heteroatoms. The van der Waals surface area contributed by atoms with Gasteiger partial charge in [0.15, 0.2) is 11.5 Å². The lowest BCUT2D eigenvalue weighted by Crippen LogP contribution is -2.60. The highest BCUT2D eigenvalue weighted by atomic mass is 16.6. The fraction of sp³-hybridized carbons (Fsp3) is 0.667. The number of esters is 3. The molecule has 0 fully saturated rings. The van der Waals surface area contributed by atoms with Crippen molar-refractivity contribution < 1.29 is 38.5 Å². The molecule has 0 aliphatic carbocycles. The first-order valence-corrected chi connectivity index (χ1v) is 13.6. The number of rotatable bonds is 13. The van der Waals surface area contributed by atoms with Crippen LogP contribution in [0.2, 0.25) is 0 Å². The van der Waals surface area contributed by atoms with Crippen LogP contribution in [-0.2, 0) is 30.3 Å². The summed E-state index contributed by atoms with van der Waals surface area (Å²) in [5, 5.41) is 13.3. The third-order valence-corrected chi connectivity index (χ3v) is 7.06. The van der Waals surface area contributed by atoms with Gasteiger partial charge < -0.3 is 19.3 Å². The van der Waals surface area contributed by atoms with Crippen LogP contribution in [0.25, 0.3) is 0 Å². The largest absolute Gasteiger partial charge is 0.477 e. The van der Waals surface area contributed by atoms with Gasteiger partial charge in [-0.1, -0.05) is 26.8 Å². The lowest BCUT2D eigenvalue weighted by atomic mass is 9.90. The summed E-state index contributed by atoms with van der Waals surface area (Å²) in [5.41, 5.74) is -4.24. The minimum atomic E-state index is -2.09. The number of ether oxygens (including phenoxy) is 3. The Morgan fingerprint density at radius 1 is 0.821 bits per heavy atom. The average Bonchev–Trinajstić information content (AvgIpc) is 2.84. The highest BCUT2D eigenvalue weighted by Crippen LogP contribution is 2.35. The number of hydrogen-bond acceptors (Lipinski definition) is 8. The van der Waals surface area contributed by atoms with E-state index in [9.17, 15) is 24.3 Å². The molecule has 0 bridgehead atoms. The number of nitrogens with one attached hydrogen (secondary N) is 1. The van der Waals surface area contributed by atoms with Crippen LogP contribution in [0, 0.1) is 16.2 Å². The number of carbonyl (C=O) groups excluding carboxylic acids is 3. The average molecular weight is 550 g/mol. The van der Waals surface area contributed by atoms with Crippen LogP contribution in [0.1, 0.15) is 101 Å². The van der Waals surface area contributed by atoms with Crippen molar-refractivity contribution in [3.63, 3.8) is 0 Å². The SMILES string of the molecule is CCC(C)N[C@@](Cc1ccc(OC(=O)C(C)(C)CC)c(OC(=O)C(C)(C)CC)c1)(OC(=O)C(C)(C)C)C(=O)O. The van der Waals surface area contributed by atoms with Gasteiger partial charge in [0.25, 0.3) is 5.72 Å². The summed E-state index contributed by atoms with van der Waals surface area (Å²) in [5.74, 6) is -3.08. The van der Waals surface area contributed by atoms with Gasteiger partial charge in [-0.3, -0.25) is 19.7 Å². The molecule has 0 spiro atoms. The maximum absolute atomic E-state index is 13.0. The minimum Gasteiger partial charge on any atom is -0.477 e. The van der Waals surface area contributed by atoms with E-state index in [-0.39, 0.29) is 24.0 Å². The van der Waals surface area contributed by atoms with Crippen LogP contribution < -0.4 is 14.8 Å². The van der Waals surface area contributed by atoms with E-state index in [1.807, 2.05) is 20.8 Å². The van der Waals surface area contributed by atoms with E-state index in [2.05, 4.69) is 5.32 Å². The van der Waals surface area contributed by atoms with E-state index in [0.29, 0.717) is 24.8 Å². The second kappa shape index (κ2) is 12.9. The van der Waals surface area contributed by atoms with Crippen LogP contribution in [-0.4, -0.2) is 40.8 Å². The van der Waals surface area contributed by atoms with Gasteiger partial charge in [-0.25, -0.2) is 4.79 Å². The number of carboxylic acids is 1. The van der Waals surface area contributed by atoms with Crippen molar-refractivity contribution in [2.45, 2.75) is 114 Å². The van der Waals surface area contributed by atoms with Gasteiger partial charge in [-0.2, -0.15) is 0 Å². The predicted octanol–water partition coefficient (Wildman–Crippen LogP) is 5.67. The first-order valence-electron chi connectivity index (χ1n) is 13.6. The van der Waals surface area contributed by atoms with E-state index in [1.165, 1.54) is 12.1 Å². The zero-order valence-electron chi connectivity index (χ0n) is 25.4. The normalized spacial score (nSPS) is 14.6. The van der Waals surface area contributed by atoms with E-state index < -0.39 is 45.8 Å². The Morgan fingerprint density at radius 3 is 1.72 bits per heavy atom. The van der Waals surface area contributed by atoms with E-state index in [0.717, 1.165) is 0 Å². The van der Waals surface area contributed by atoms with Gasteiger partial charge in [0.05, 0.1) is 16.2 Å². The van der Waals surface area contributed by atoms with E-state index in [1.54, 1.807) is 61.5 Å². The maximum atomic E-state index is 13.0. The van der Waals surface area contributed by atoms with Crippen molar-refractivity contribution in [2.75, 3.05) is 0 Å². The Balaban J connectivity index is 3.65. The fourth-order valence-electron chi connectivity index (χ4n) is 2.99. The number of benzene rings is 1. The standard InChI is InChI=1S/C30H47NO8/c1-12-19(4)31-30(23(32)33,39-24(34)27(5,6)7)18-20-15-16-21(37-25(35)28(8,9)13-2)22(17-20)38-26(36)29(10,11)14-3/h15-17,19,31H,12-14,18H2,1-11H3,(H,32,33)/t19?,30-/m0/s1. The second-order valence-corrected chi connectivity index (χ2v) is 12.4. The monoisotopic (exact) mass is 549 g/mol. The van der Waals surface area contributed by atoms with Gasteiger partial charge in [-0.05, 0) is 92.3 Å². The number of carboxylic acid groups (broad SMARTS) is 1. The molecule has 0 radical (unpaired) electrons. The molecular formula is C30H47NO8. The summed E-state index contributed by atoms with van der Waals surface area (Å²) in [7, 11) is 0. The molecule has 1 aromatic carbocycles. The molecule has 0 saturated heterocycles. The van der Waals surface area contributed by atoms with Crippen molar-refractivity contribution in [3.05, 3.63) is 23.8 Å². The zero-order chi connectivity index (χ0) is 30.4. The lowest BCUT2D eigenvalue weighted by molar-refractivity contribution is -0.190. The number of carbonyl (C=O) groups is 4. The van der Waals surface area contributed by atoms with Gasteiger partial charge in [0.2, 0.25) is 0 Å². The van der Waals surface area contributed by atoms with Crippen LogP contribution in [0.15, 0.2) is 18.2 Å². The fourth-order valence-corrected chi connectivity index (χ4v) is 2.99. The first kappa shape index (κ1) is 34.1. The topological polar surface area (TPSA) is 128 Å². The summed E-state index contributed by atoms with van der Waals surface area (Å²) >= 11 is 0. The summed E-state index contributed by atoms with van der Waals surface area (Å²) in [6.07, 6.45) is 1.35. The number of aliphatic carboxylic acids is 1. The smallest absolute Gasteiger partial charge is 0.364 e. The molecule has 39 heavy (non-hydrogen) atoms. The van der Waals surface area contributed by atoms with Gasteiger partial charge >= 0.3 is 23.9 Å². The van der Waals surface area contributed by atoms with Gasteiger partial charge in [-0.15, -0.1) is 0 Å². The third kappa shape index (κ3) is 9.05. The Labute approximate surface area is 233 Å². The summed E-state index contributed by atoms with van der Waals surface area (Å²) in [6, 6.07) is 4.17. The molecule has 0 aliphatic rings. The highest BCUT2D eigenvalue weighted by Gasteiger charge is 2.46. The molecule has 0 saturated carbocycles. The quantitative estimate of drug-likeness (QED) is 0.182. The van der Waals surface area contributed by atoms with Gasteiger partial charge in [0.1, 0.15) is 0 Å².